The summed E-state index contributed by atoms with van der Waals surface area (Å²) in [4.78, 5) is 5.01. The molecule has 19 heavy (non-hydrogen) atoms. The molecule has 0 saturated carbocycles. The van der Waals surface area contributed by atoms with Gasteiger partial charge in [0.1, 0.15) is 11.8 Å². The van der Waals surface area contributed by atoms with Crippen LogP contribution in [-0.4, -0.2) is 21.8 Å². The molecular formula is C13H13N3O2S. The Morgan fingerprint density at radius 1 is 1.53 bits per heavy atom. The molecule has 0 saturated heterocycles. The van der Waals surface area contributed by atoms with Crippen LogP contribution in [0.2, 0.25) is 0 Å². The summed E-state index contributed by atoms with van der Waals surface area (Å²) in [6.07, 6.45) is 1.62. The fraction of sp³-hybridized carbons (Fsp3) is 0.231. The lowest BCUT2D eigenvalue weighted by Gasteiger charge is -2.07. The third-order valence-electron chi connectivity index (χ3n) is 2.71. The van der Waals surface area contributed by atoms with Crippen LogP contribution in [0.15, 0.2) is 34.4 Å². The summed E-state index contributed by atoms with van der Waals surface area (Å²) in [7, 11) is 3.41. The summed E-state index contributed by atoms with van der Waals surface area (Å²) in [5.74, 6) is 0.693. The molecule has 2 rings (SSSR count). The Hall–Kier alpha value is -1.97. The lowest BCUT2D eigenvalue weighted by molar-refractivity contribution is 0.271. The average molecular weight is 275 g/mol. The summed E-state index contributed by atoms with van der Waals surface area (Å²) in [6.45, 7) is -0.0622. The topological polar surface area (TPSA) is 71.1 Å². The number of imidazole rings is 1. The number of aromatic nitrogens is 2. The number of hydrogen-bond donors (Lipinski definition) is 1. The van der Waals surface area contributed by atoms with Crippen LogP contribution < -0.4 is 4.74 Å². The first-order valence-corrected chi connectivity index (χ1v) is 6.38. The van der Waals surface area contributed by atoms with Gasteiger partial charge < -0.3 is 14.4 Å². The molecule has 0 fully saturated rings. The van der Waals surface area contributed by atoms with E-state index in [1.807, 2.05) is 7.05 Å². The Bertz CT molecular complexity index is 631. The maximum atomic E-state index is 9.14. The zero-order chi connectivity index (χ0) is 13.8. The zero-order valence-electron chi connectivity index (χ0n) is 10.6. The summed E-state index contributed by atoms with van der Waals surface area (Å²) in [6, 6.07) is 7.42. The first-order chi connectivity index (χ1) is 9.19. The molecule has 0 spiro atoms. The van der Waals surface area contributed by atoms with Gasteiger partial charge in [-0.3, -0.25) is 0 Å². The van der Waals surface area contributed by atoms with E-state index in [1.54, 1.807) is 36.1 Å². The maximum Gasteiger partial charge on any atom is 0.172 e. The quantitative estimate of drug-likeness (QED) is 0.923. The minimum Gasteiger partial charge on any atom is -0.497 e. The van der Waals surface area contributed by atoms with Crippen molar-refractivity contribution in [2.45, 2.75) is 16.7 Å². The van der Waals surface area contributed by atoms with E-state index in [-0.39, 0.29) is 6.61 Å². The van der Waals surface area contributed by atoms with Crippen LogP contribution in [-0.2, 0) is 13.7 Å². The second kappa shape index (κ2) is 5.78. The van der Waals surface area contributed by atoms with Gasteiger partial charge in [-0.25, -0.2) is 4.98 Å². The molecule has 2 aromatic rings. The Kier molecular flexibility index (Phi) is 4.10. The number of nitrogens with zero attached hydrogens (tertiary/aromatic N) is 3. The van der Waals surface area contributed by atoms with E-state index in [9.17, 15) is 0 Å². The molecular weight excluding hydrogens is 262 g/mol. The van der Waals surface area contributed by atoms with Gasteiger partial charge in [0.25, 0.3) is 0 Å². The number of benzene rings is 1. The molecule has 0 radical (unpaired) electrons. The van der Waals surface area contributed by atoms with Crippen molar-refractivity contribution in [1.82, 2.24) is 9.55 Å². The number of aliphatic hydroxyl groups excluding tert-OH is 1. The van der Waals surface area contributed by atoms with E-state index < -0.39 is 0 Å². The summed E-state index contributed by atoms with van der Waals surface area (Å²) < 4.78 is 6.96. The van der Waals surface area contributed by atoms with Gasteiger partial charge in [-0.05, 0) is 18.2 Å². The normalized spacial score (nSPS) is 10.2. The predicted molar refractivity (Wildman–Crippen MR) is 71.0 cm³/mol. The minimum absolute atomic E-state index is 0.0622. The third kappa shape index (κ3) is 2.72. The summed E-state index contributed by atoms with van der Waals surface area (Å²) in [5, 5.41) is 19.0. The summed E-state index contributed by atoms with van der Waals surface area (Å²) in [5.41, 5.74) is 1.29. The number of hydrogen-bond acceptors (Lipinski definition) is 5. The second-order valence-corrected chi connectivity index (χ2v) is 4.83. The molecule has 6 heteroatoms. The molecule has 1 aromatic carbocycles. The standard InChI is InChI=1S/C13H13N3O2S/c1-16-10(8-17)7-15-13(16)19-12-5-11(18-2)4-3-9(12)6-14/h3-5,7,17H,8H2,1-2H3. The number of nitriles is 1. The lowest BCUT2D eigenvalue weighted by Crippen LogP contribution is -1.97. The third-order valence-corrected chi connectivity index (χ3v) is 3.83. The van der Waals surface area contributed by atoms with Crippen molar-refractivity contribution in [2.75, 3.05) is 7.11 Å². The van der Waals surface area contributed by atoms with Gasteiger partial charge >= 0.3 is 0 Å². The molecule has 0 bridgehead atoms. The van der Waals surface area contributed by atoms with Crippen LogP contribution in [0.1, 0.15) is 11.3 Å². The van der Waals surface area contributed by atoms with Gasteiger partial charge in [-0.1, -0.05) is 11.8 Å². The van der Waals surface area contributed by atoms with Crippen molar-refractivity contribution in [3.05, 3.63) is 35.7 Å². The molecule has 1 heterocycles. The molecule has 5 nitrogen and oxygen atoms in total. The number of rotatable bonds is 4. The van der Waals surface area contributed by atoms with E-state index in [4.69, 9.17) is 15.1 Å². The van der Waals surface area contributed by atoms with Gasteiger partial charge in [-0.2, -0.15) is 5.26 Å². The van der Waals surface area contributed by atoms with Gasteiger partial charge in [0.05, 0.1) is 31.2 Å². The number of ether oxygens (including phenoxy) is 1. The Balaban J connectivity index is 2.36. The monoisotopic (exact) mass is 275 g/mol. The van der Waals surface area contributed by atoms with Crippen molar-refractivity contribution in [1.29, 1.82) is 5.26 Å². The van der Waals surface area contributed by atoms with Crippen LogP contribution in [0.5, 0.6) is 5.75 Å². The Morgan fingerprint density at radius 2 is 2.32 bits per heavy atom. The molecule has 0 aliphatic heterocycles. The fourth-order valence-electron chi connectivity index (χ4n) is 1.57. The highest BCUT2D eigenvalue weighted by Gasteiger charge is 2.11. The number of methoxy groups -OCH3 is 1. The molecule has 0 atom stereocenters. The van der Waals surface area contributed by atoms with E-state index in [1.165, 1.54) is 11.8 Å². The van der Waals surface area contributed by atoms with Gasteiger partial charge in [-0.15, -0.1) is 0 Å². The van der Waals surface area contributed by atoms with Gasteiger partial charge in [0.2, 0.25) is 0 Å². The largest absolute Gasteiger partial charge is 0.497 e. The van der Waals surface area contributed by atoms with E-state index in [0.29, 0.717) is 16.5 Å². The highest BCUT2D eigenvalue weighted by Crippen LogP contribution is 2.32. The van der Waals surface area contributed by atoms with Crippen LogP contribution in [0.4, 0.5) is 0 Å². The first kappa shape index (κ1) is 13.5. The van der Waals surface area contributed by atoms with Crippen LogP contribution in [0, 0.1) is 11.3 Å². The summed E-state index contributed by atoms with van der Waals surface area (Å²) >= 11 is 1.37. The van der Waals surface area contributed by atoms with Crippen molar-refractivity contribution in [3.63, 3.8) is 0 Å². The maximum absolute atomic E-state index is 9.14. The molecule has 0 amide bonds. The molecule has 98 valence electrons. The van der Waals surface area contributed by atoms with E-state index in [0.717, 1.165) is 10.6 Å². The van der Waals surface area contributed by atoms with Crippen molar-refractivity contribution in [2.24, 2.45) is 7.05 Å². The second-order valence-electron chi connectivity index (χ2n) is 3.83. The van der Waals surface area contributed by atoms with Gasteiger partial charge in [0, 0.05) is 11.9 Å². The molecule has 1 aromatic heterocycles. The van der Waals surface area contributed by atoms with Crippen molar-refractivity contribution >= 4 is 11.8 Å². The molecule has 0 aliphatic rings. The van der Waals surface area contributed by atoms with Crippen LogP contribution in [0.3, 0.4) is 0 Å². The highest BCUT2D eigenvalue weighted by atomic mass is 32.2. The molecule has 0 unspecified atom stereocenters. The van der Waals surface area contributed by atoms with Crippen molar-refractivity contribution in [3.8, 4) is 11.8 Å². The Morgan fingerprint density at radius 3 is 2.89 bits per heavy atom. The zero-order valence-corrected chi connectivity index (χ0v) is 11.4. The first-order valence-electron chi connectivity index (χ1n) is 5.57. The van der Waals surface area contributed by atoms with E-state index in [2.05, 4.69) is 11.1 Å². The predicted octanol–water partition coefficient (Wildman–Crippen LogP) is 1.94. The molecule has 0 aliphatic carbocycles. The minimum atomic E-state index is -0.0622. The van der Waals surface area contributed by atoms with Crippen LogP contribution in [0.25, 0.3) is 0 Å². The lowest BCUT2D eigenvalue weighted by atomic mass is 10.2. The van der Waals surface area contributed by atoms with E-state index >= 15 is 0 Å². The SMILES string of the molecule is COc1ccc(C#N)c(Sc2ncc(CO)n2C)c1. The fourth-order valence-corrected chi connectivity index (χ4v) is 2.53. The average Bonchev–Trinajstić information content (AvgIpc) is 2.79. The van der Waals surface area contributed by atoms with Crippen LogP contribution >= 0.6 is 11.8 Å². The molecule has 1 N–H and O–H groups in total. The smallest absolute Gasteiger partial charge is 0.172 e. The van der Waals surface area contributed by atoms with Crippen molar-refractivity contribution < 1.29 is 9.84 Å². The highest BCUT2D eigenvalue weighted by molar-refractivity contribution is 7.99. The Labute approximate surface area is 115 Å². The number of aliphatic hydroxyl groups is 1. The van der Waals surface area contributed by atoms with Gasteiger partial charge in [0.15, 0.2) is 5.16 Å².